The number of ether oxygens (including phenoxy) is 3. The molecule has 0 N–H and O–H groups in total. The van der Waals surface area contributed by atoms with Gasteiger partial charge in [-0.15, -0.1) is 0 Å². The lowest BCUT2D eigenvalue weighted by Gasteiger charge is -2.12. The Balaban J connectivity index is 1.61. The van der Waals surface area contributed by atoms with Crippen molar-refractivity contribution < 1.29 is 19.0 Å². The first-order chi connectivity index (χ1) is 13.2. The summed E-state index contributed by atoms with van der Waals surface area (Å²) in [4.78, 5) is 19.7. The molecule has 1 fully saturated rings. The van der Waals surface area contributed by atoms with Gasteiger partial charge in [0.05, 0.1) is 17.7 Å². The van der Waals surface area contributed by atoms with Crippen LogP contribution in [0.4, 0.5) is 5.69 Å². The summed E-state index contributed by atoms with van der Waals surface area (Å²) in [5.41, 5.74) is 1.66. The summed E-state index contributed by atoms with van der Waals surface area (Å²) in [6.45, 7) is 2.72. The Kier molecular flexibility index (Phi) is 4.77. The number of fused-ring (bicyclic) bond motifs is 1. The molecule has 2 aromatic carbocycles. The molecule has 1 saturated heterocycles. The van der Waals surface area contributed by atoms with Gasteiger partial charge in [0.25, 0.3) is 5.91 Å². The van der Waals surface area contributed by atoms with Crippen LogP contribution < -0.4 is 14.2 Å². The third-order valence-corrected chi connectivity index (χ3v) is 5.20. The summed E-state index contributed by atoms with van der Waals surface area (Å²) >= 11 is 1.37. The van der Waals surface area contributed by atoms with Crippen molar-refractivity contribution in [2.45, 2.75) is 6.92 Å². The fourth-order valence-electron chi connectivity index (χ4n) is 2.79. The monoisotopic (exact) mass is 382 g/mol. The molecule has 2 heterocycles. The molecule has 4 rings (SSSR count). The van der Waals surface area contributed by atoms with E-state index in [9.17, 15) is 4.79 Å². The summed E-state index contributed by atoms with van der Waals surface area (Å²) in [6.07, 6.45) is 1.86. The maximum Gasteiger partial charge on any atom is 0.266 e. The Bertz CT molecular complexity index is 937. The number of benzene rings is 2. The number of nitrogens with zero attached hydrogens (tertiary/aromatic N) is 2. The number of carbonyl (C=O) groups excluding carboxylic acids is 1. The Hall–Kier alpha value is -2.93. The molecule has 0 aliphatic carbocycles. The average molecular weight is 382 g/mol. The van der Waals surface area contributed by atoms with E-state index in [0.717, 1.165) is 22.7 Å². The normalized spacial score (nSPS) is 18.6. The van der Waals surface area contributed by atoms with Crippen molar-refractivity contribution in [3.63, 3.8) is 0 Å². The molecule has 0 aromatic heterocycles. The number of aliphatic imine (C=N–C) groups is 1. The summed E-state index contributed by atoms with van der Waals surface area (Å²) < 4.78 is 15.9. The predicted molar refractivity (Wildman–Crippen MR) is 106 cm³/mol. The molecule has 6 nitrogen and oxygen atoms in total. The van der Waals surface area contributed by atoms with E-state index >= 15 is 0 Å². The van der Waals surface area contributed by atoms with E-state index in [-0.39, 0.29) is 12.7 Å². The standard InChI is InChI=1S/C20H18N2O4S/c1-3-22-19(23)18(11-13-4-9-16-17(10-13)26-12-25-16)27-20(22)21-14-5-7-15(24-2)8-6-14/h4-11H,3,12H2,1-2H3/b18-11+,21-20?. The minimum Gasteiger partial charge on any atom is -0.497 e. The van der Waals surface area contributed by atoms with Crippen molar-refractivity contribution >= 4 is 34.6 Å². The number of likely N-dealkylation sites (N-methyl/N-ethyl adjacent to an activating group) is 1. The highest BCUT2D eigenvalue weighted by molar-refractivity contribution is 8.18. The van der Waals surface area contributed by atoms with Gasteiger partial charge in [0, 0.05) is 6.54 Å². The van der Waals surface area contributed by atoms with Gasteiger partial charge in [-0.05, 0) is 66.7 Å². The minimum absolute atomic E-state index is 0.0487. The largest absolute Gasteiger partial charge is 0.497 e. The van der Waals surface area contributed by atoms with E-state index in [1.165, 1.54) is 11.8 Å². The van der Waals surface area contributed by atoms with Gasteiger partial charge in [0.1, 0.15) is 5.75 Å². The van der Waals surface area contributed by atoms with Crippen molar-refractivity contribution in [1.82, 2.24) is 4.90 Å². The molecule has 0 radical (unpaired) electrons. The van der Waals surface area contributed by atoms with Gasteiger partial charge in [-0.2, -0.15) is 0 Å². The maximum absolute atomic E-state index is 12.8. The Morgan fingerprint density at radius 2 is 1.96 bits per heavy atom. The number of amides is 1. The van der Waals surface area contributed by atoms with Gasteiger partial charge >= 0.3 is 0 Å². The lowest BCUT2D eigenvalue weighted by atomic mass is 10.2. The minimum atomic E-state index is -0.0487. The van der Waals surface area contributed by atoms with Crippen LogP contribution in [0.1, 0.15) is 12.5 Å². The fraction of sp³-hybridized carbons (Fsp3) is 0.200. The second-order valence-corrected chi connectivity index (χ2v) is 6.87. The van der Waals surface area contributed by atoms with Crippen LogP contribution in [0.2, 0.25) is 0 Å². The van der Waals surface area contributed by atoms with E-state index in [4.69, 9.17) is 14.2 Å². The van der Waals surface area contributed by atoms with Crippen molar-refractivity contribution in [3.05, 3.63) is 52.9 Å². The summed E-state index contributed by atoms with van der Waals surface area (Å²) in [5, 5.41) is 0.666. The Labute approximate surface area is 161 Å². The van der Waals surface area contributed by atoms with Crippen molar-refractivity contribution in [3.8, 4) is 17.2 Å². The van der Waals surface area contributed by atoms with Crippen LogP contribution in [-0.4, -0.2) is 36.4 Å². The van der Waals surface area contributed by atoms with Gasteiger partial charge in [-0.25, -0.2) is 4.99 Å². The zero-order chi connectivity index (χ0) is 18.8. The molecule has 27 heavy (non-hydrogen) atoms. The number of hydrogen-bond donors (Lipinski definition) is 0. The van der Waals surface area contributed by atoms with Gasteiger partial charge in [0.2, 0.25) is 6.79 Å². The zero-order valence-electron chi connectivity index (χ0n) is 15.0. The highest BCUT2D eigenvalue weighted by atomic mass is 32.2. The first kappa shape index (κ1) is 17.5. The molecule has 2 aliphatic heterocycles. The van der Waals surface area contributed by atoms with Crippen LogP contribution >= 0.6 is 11.8 Å². The number of hydrogen-bond acceptors (Lipinski definition) is 6. The molecule has 138 valence electrons. The number of rotatable bonds is 4. The average Bonchev–Trinajstić information content (AvgIpc) is 3.26. The smallest absolute Gasteiger partial charge is 0.266 e. The molecule has 0 saturated carbocycles. The van der Waals surface area contributed by atoms with Gasteiger partial charge in [-0.3, -0.25) is 9.69 Å². The number of methoxy groups -OCH3 is 1. The van der Waals surface area contributed by atoms with E-state index in [0.29, 0.717) is 22.4 Å². The van der Waals surface area contributed by atoms with Crippen LogP contribution in [0.25, 0.3) is 6.08 Å². The van der Waals surface area contributed by atoms with Crippen LogP contribution in [0.15, 0.2) is 52.4 Å². The van der Waals surface area contributed by atoms with Gasteiger partial charge in [0.15, 0.2) is 16.7 Å². The van der Waals surface area contributed by atoms with E-state index in [1.807, 2.05) is 55.5 Å². The number of carbonyl (C=O) groups is 1. The molecule has 1 amide bonds. The molecular weight excluding hydrogens is 364 g/mol. The quantitative estimate of drug-likeness (QED) is 0.747. The number of amidine groups is 1. The molecule has 0 spiro atoms. The van der Waals surface area contributed by atoms with Crippen molar-refractivity contribution in [2.75, 3.05) is 20.4 Å². The summed E-state index contributed by atoms with van der Waals surface area (Å²) in [6, 6.07) is 13.1. The lowest BCUT2D eigenvalue weighted by Crippen LogP contribution is -2.28. The van der Waals surface area contributed by atoms with Crippen molar-refractivity contribution in [1.29, 1.82) is 0 Å². The topological polar surface area (TPSA) is 60.4 Å². The van der Waals surface area contributed by atoms with Crippen LogP contribution in [0.5, 0.6) is 17.2 Å². The molecule has 7 heteroatoms. The molecular formula is C20H18N2O4S. The van der Waals surface area contributed by atoms with E-state index in [2.05, 4.69) is 4.99 Å². The first-order valence-electron chi connectivity index (χ1n) is 8.51. The third-order valence-electron chi connectivity index (χ3n) is 4.20. The second-order valence-electron chi connectivity index (χ2n) is 5.87. The summed E-state index contributed by atoms with van der Waals surface area (Å²) in [5.74, 6) is 2.14. The van der Waals surface area contributed by atoms with Gasteiger partial charge in [-0.1, -0.05) is 6.07 Å². The van der Waals surface area contributed by atoms with Crippen LogP contribution in [0.3, 0.4) is 0 Å². The second kappa shape index (κ2) is 7.36. The molecule has 0 atom stereocenters. The molecule has 0 unspecified atom stereocenters. The van der Waals surface area contributed by atoms with Crippen molar-refractivity contribution in [2.24, 2.45) is 4.99 Å². The fourth-order valence-corrected chi connectivity index (χ4v) is 3.85. The van der Waals surface area contributed by atoms with Crippen LogP contribution in [0, 0.1) is 0 Å². The lowest BCUT2D eigenvalue weighted by molar-refractivity contribution is -0.122. The third kappa shape index (κ3) is 3.50. The maximum atomic E-state index is 12.8. The molecule has 0 bridgehead atoms. The molecule has 2 aliphatic rings. The first-order valence-corrected chi connectivity index (χ1v) is 9.33. The van der Waals surface area contributed by atoms with Gasteiger partial charge < -0.3 is 14.2 Å². The number of thioether (sulfide) groups is 1. The van der Waals surface area contributed by atoms with Crippen LogP contribution in [-0.2, 0) is 4.79 Å². The van der Waals surface area contributed by atoms with E-state index < -0.39 is 0 Å². The predicted octanol–water partition coefficient (Wildman–Crippen LogP) is 4.05. The Morgan fingerprint density at radius 3 is 2.70 bits per heavy atom. The Morgan fingerprint density at radius 1 is 1.19 bits per heavy atom. The highest BCUT2D eigenvalue weighted by Crippen LogP contribution is 2.37. The zero-order valence-corrected chi connectivity index (χ0v) is 15.8. The summed E-state index contributed by atoms with van der Waals surface area (Å²) in [7, 11) is 1.62. The molecule has 2 aromatic rings. The highest BCUT2D eigenvalue weighted by Gasteiger charge is 2.32. The SMILES string of the molecule is CCN1C(=O)/C(=C\c2ccc3c(c2)OCO3)SC1=Nc1ccc(OC)cc1. The van der Waals surface area contributed by atoms with E-state index in [1.54, 1.807) is 12.0 Å².